The molecule has 1 aromatic carbocycles. The van der Waals surface area contributed by atoms with Crippen LogP contribution in [0.2, 0.25) is 0 Å². The summed E-state index contributed by atoms with van der Waals surface area (Å²) in [7, 11) is 3.36. The van der Waals surface area contributed by atoms with Gasteiger partial charge in [0.05, 0.1) is 19.1 Å². The van der Waals surface area contributed by atoms with Crippen LogP contribution in [0.5, 0.6) is 11.5 Å². The molecule has 0 aliphatic heterocycles. The summed E-state index contributed by atoms with van der Waals surface area (Å²) in [5.41, 5.74) is 6.52. The zero-order chi connectivity index (χ0) is 12.7. The van der Waals surface area contributed by atoms with Crippen molar-refractivity contribution < 1.29 is 9.47 Å². The van der Waals surface area contributed by atoms with Crippen LogP contribution in [-0.2, 0) is 6.54 Å². The number of methoxy groups -OCH3 is 2. The fourth-order valence-electron chi connectivity index (χ4n) is 1.56. The monoisotopic (exact) mass is 256 g/mol. The Morgan fingerprint density at radius 3 is 2.47 bits per heavy atom. The van der Waals surface area contributed by atoms with E-state index >= 15 is 0 Å². The van der Waals surface area contributed by atoms with Crippen molar-refractivity contribution in [2.24, 2.45) is 5.73 Å². The second-order valence-electron chi connectivity index (χ2n) is 3.48. The minimum atomic E-state index is 0.627. The van der Waals surface area contributed by atoms with Crippen molar-refractivity contribution in [2.75, 3.05) is 33.6 Å². The maximum Gasteiger partial charge on any atom is 0.132 e. The molecule has 0 spiro atoms. The van der Waals surface area contributed by atoms with Crippen molar-refractivity contribution in [3.8, 4) is 11.5 Å². The highest BCUT2D eigenvalue weighted by Gasteiger charge is 2.10. The highest BCUT2D eigenvalue weighted by Crippen LogP contribution is 2.34. The average Bonchev–Trinajstić information content (AvgIpc) is 2.38. The number of rotatable bonds is 7. The molecule has 0 aliphatic rings. The number of nitrogens with two attached hydrogens (primary N) is 1. The predicted molar refractivity (Wildman–Crippen MR) is 72.1 cm³/mol. The van der Waals surface area contributed by atoms with Crippen LogP contribution in [0.15, 0.2) is 17.0 Å². The van der Waals surface area contributed by atoms with Gasteiger partial charge in [0, 0.05) is 25.2 Å². The molecule has 0 bridgehead atoms. The van der Waals surface area contributed by atoms with Crippen molar-refractivity contribution in [2.45, 2.75) is 11.4 Å². The van der Waals surface area contributed by atoms with Crippen LogP contribution in [0, 0.1) is 0 Å². The average molecular weight is 256 g/mol. The van der Waals surface area contributed by atoms with E-state index in [0.717, 1.165) is 35.0 Å². The second-order valence-corrected chi connectivity index (χ2v) is 4.33. The molecule has 0 unspecified atom stereocenters. The minimum Gasteiger partial charge on any atom is -0.496 e. The van der Waals surface area contributed by atoms with Gasteiger partial charge in [-0.05, 0) is 18.4 Å². The van der Waals surface area contributed by atoms with E-state index < -0.39 is 0 Å². The maximum atomic E-state index is 5.44. The van der Waals surface area contributed by atoms with Gasteiger partial charge in [-0.1, -0.05) is 0 Å². The molecule has 0 saturated carbocycles. The first-order valence-corrected chi connectivity index (χ1v) is 6.69. The van der Waals surface area contributed by atoms with Crippen molar-refractivity contribution in [1.29, 1.82) is 0 Å². The van der Waals surface area contributed by atoms with Crippen LogP contribution < -0.4 is 20.5 Å². The zero-order valence-corrected chi connectivity index (χ0v) is 11.4. The highest BCUT2D eigenvalue weighted by molar-refractivity contribution is 7.98. The van der Waals surface area contributed by atoms with Crippen LogP contribution in [-0.4, -0.2) is 33.6 Å². The van der Waals surface area contributed by atoms with Crippen LogP contribution in [0.3, 0.4) is 0 Å². The molecule has 0 heterocycles. The van der Waals surface area contributed by atoms with Crippen LogP contribution >= 0.6 is 11.8 Å². The largest absolute Gasteiger partial charge is 0.496 e. The molecule has 0 radical (unpaired) electrons. The Bertz CT molecular complexity index is 359. The maximum absolute atomic E-state index is 5.44. The van der Waals surface area contributed by atoms with E-state index in [9.17, 15) is 0 Å². The summed E-state index contributed by atoms with van der Waals surface area (Å²) in [6.07, 6.45) is 2.02. The van der Waals surface area contributed by atoms with E-state index in [2.05, 4.69) is 5.32 Å². The molecular weight excluding hydrogens is 236 g/mol. The molecule has 0 atom stereocenters. The van der Waals surface area contributed by atoms with E-state index in [4.69, 9.17) is 15.2 Å². The number of nitrogens with one attached hydrogen (secondary N) is 1. The Balaban J connectivity index is 2.93. The third kappa shape index (κ3) is 3.80. The van der Waals surface area contributed by atoms with Gasteiger partial charge >= 0.3 is 0 Å². The fraction of sp³-hybridized carbons (Fsp3) is 0.500. The number of hydrogen-bond acceptors (Lipinski definition) is 5. The molecule has 1 rings (SSSR count). The molecule has 96 valence electrons. The van der Waals surface area contributed by atoms with Crippen LogP contribution in [0.25, 0.3) is 0 Å². The highest BCUT2D eigenvalue weighted by atomic mass is 32.2. The first kappa shape index (κ1) is 14.2. The Morgan fingerprint density at radius 2 is 1.94 bits per heavy atom. The molecule has 1 aromatic rings. The normalized spacial score (nSPS) is 10.4. The van der Waals surface area contributed by atoms with Crippen molar-refractivity contribution in [1.82, 2.24) is 5.32 Å². The van der Waals surface area contributed by atoms with Gasteiger partial charge in [-0.15, -0.1) is 11.8 Å². The molecule has 4 nitrogen and oxygen atoms in total. The lowest BCUT2D eigenvalue weighted by atomic mass is 10.2. The van der Waals surface area contributed by atoms with Gasteiger partial charge in [0.2, 0.25) is 0 Å². The summed E-state index contributed by atoms with van der Waals surface area (Å²) in [6.45, 7) is 2.14. The zero-order valence-electron chi connectivity index (χ0n) is 10.6. The SMILES string of the molecule is COc1cc(SC)c(OC)cc1CNCCN. The smallest absolute Gasteiger partial charge is 0.132 e. The summed E-state index contributed by atoms with van der Waals surface area (Å²) in [5, 5.41) is 3.25. The molecule has 17 heavy (non-hydrogen) atoms. The molecule has 0 aliphatic carbocycles. The first-order valence-electron chi connectivity index (χ1n) is 5.46. The Kier molecular flexibility index (Phi) is 6.18. The van der Waals surface area contributed by atoms with E-state index in [1.165, 1.54) is 0 Å². The molecular formula is C12H20N2O2S. The standard InChI is InChI=1S/C12H20N2O2S/c1-15-10-7-12(17-3)11(16-2)6-9(10)8-14-5-4-13/h6-7,14H,4-5,8,13H2,1-3H3. The van der Waals surface area contributed by atoms with Crippen LogP contribution in [0.1, 0.15) is 5.56 Å². The van der Waals surface area contributed by atoms with E-state index in [-0.39, 0.29) is 0 Å². The van der Waals surface area contributed by atoms with Gasteiger partial charge in [0.1, 0.15) is 11.5 Å². The minimum absolute atomic E-state index is 0.627. The lowest BCUT2D eigenvalue weighted by Crippen LogP contribution is -2.22. The molecule has 3 N–H and O–H groups in total. The number of hydrogen-bond donors (Lipinski definition) is 2. The second kappa shape index (κ2) is 7.42. The lowest BCUT2D eigenvalue weighted by molar-refractivity contribution is 0.389. The Labute approximate surface area is 107 Å². The molecule has 0 saturated heterocycles. The topological polar surface area (TPSA) is 56.5 Å². The summed E-state index contributed by atoms with van der Waals surface area (Å²) >= 11 is 1.64. The molecule has 5 heteroatoms. The third-order valence-corrected chi connectivity index (χ3v) is 3.18. The van der Waals surface area contributed by atoms with Crippen molar-refractivity contribution in [3.05, 3.63) is 17.7 Å². The summed E-state index contributed by atoms with van der Waals surface area (Å²) < 4.78 is 10.7. The third-order valence-electron chi connectivity index (χ3n) is 2.42. The fourth-order valence-corrected chi connectivity index (χ4v) is 2.12. The van der Waals surface area contributed by atoms with Crippen LogP contribution in [0.4, 0.5) is 0 Å². The van der Waals surface area contributed by atoms with Gasteiger partial charge in [-0.2, -0.15) is 0 Å². The van der Waals surface area contributed by atoms with E-state index in [1.807, 2.05) is 18.4 Å². The van der Waals surface area contributed by atoms with Crippen molar-refractivity contribution >= 4 is 11.8 Å². The summed E-state index contributed by atoms with van der Waals surface area (Å²) in [6, 6.07) is 4.01. The predicted octanol–water partition coefficient (Wildman–Crippen LogP) is 1.47. The lowest BCUT2D eigenvalue weighted by Gasteiger charge is -2.14. The number of benzene rings is 1. The van der Waals surface area contributed by atoms with Gasteiger partial charge in [0.25, 0.3) is 0 Å². The van der Waals surface area contributed by atoms with Gasteiger partial charge < -0.3 is 20.5 Å². The quantitative estimate of drug-likeness (QED) is 0.571. The molecule has 0 fully saturated rings. The van der Waals surface area contributed by atoms with E-state index in [0.29, 0.717) is 6.54 Å². The van der Waals surface area contributed by atoms with E-state index in [1.54, 1.807) is 26.0 Å². The van der Waals surface area contributed by atoms with Gasteiger partial charge in [0.15, 0.2) is 0 Å². The Hall–Kier alpha value is -0.910. The summed E-state index contributed by atoms with van der Waals surface area (Å²) in [4.78, 5) is 1.08. The van der Waals surface area contributed by atoms with Gasteiger partial charge in [-0.3, -0.25) is 0 Å². The first-order chi connectivity index (χ1) is 8.26. The number of thioether (sulfide) groups is 1. The van der Waals surface area contributed by atoms with Gasteiger partial charge in [-0.25, -0.2) is 0 Å². The Morgan fingerprint density at radius 1 is 1.24 bits per heavy atom. The summed E-state index contributed by atoms with van der Waals surface area (Å²) in [5.74, 6) is 1.75. The molecule has 0 amide bonds. The molecule has 0 aromatic heterocycles. The number of ether oxygens (including phenoxy) is 2. The van der Waals surface area contributed by atoms with Crippen molar-refractivity contribution in [3.63, 3.8) is 0 Å².